The Labute approximate surface area is 356 Å². The van der Waals surface area contributed by atoms with Crippen LogP contribution in [0.5, 0.6) is 11.5 Å². The summed E-state index contributed by atoms with van der Waals surface area (Å²) < 4.78 is 18.2. The van der Waals surface area contributed by atoms with E-state index in [-0.39, 0.29) is 23.4 Å². The van der Waals surface area contributed by atoms with E-state index in [0.29, 0.717) is 60.9 Å². The van der Waals surface area contributed by atoms with Crippen LogP contribution in [-0.2, 0) is 26.3 Å². The highest BCUT2D eigenvalue weighted by atomic mass is 16.6. The van der Waals surface area contributed by atoms with Crippen LogP contribution in [0.2, 0.25) is 0 Å². The highest BCUT2D eigenvalue weighted by molar-refractivity contribution is 5.87. The van der Waals surface area contributed by atoms with E-state index in [4.69, 9.17) is 14.2 Å². The molecule has 5 N–H and O–H groups in total. The van der Waals surface area contributed by atoms with Gasteiger partial charge in [0, 0.05) is 24.5 Å². The number of esters is 1. The van der Waals surface area contributed by atoms with Crippen LogP contribution in [0, 0.1) is 5.92 Å². The van der Waals surface area contributed by atoms with E-state index in [1.807, 2.05) is 78.9 Å². The molecule has 1 unspecified atom stereocenters. The molecule has 0 spiro atoms. The summed E-state index contributed by atoms with van der Waals surface area (Å²) in [6, 6.07) is 31.5. The number of aromatic hydroxyl groups is 1. The molecule has 320 valence electrons. The van der Waals surface area contributed by atoms with Crippen LogP contribution in [0.4, 0.5) is 4.79 Å². The lowest BCUT2D eigenvalue weighted by atomic mass is 9.78. The van der Waals surface area contributed by atoms with Gasteiger partial charge in [-0.3, -0.25) is 14.5 Å². The minimum atomic E-state index is -0.836. The molecule has 4 aliphatic rings. The number of aromatic amines is 1. The molecule has 3 atom stereocenters. The van der Waals surface area contributed by atoms with Gasteiger partial charge in [-0.1, -0.05) is 85.6 Å². The van der Waals surface area contributed by atoms with Crippen LogP contribution in [0.15, 0.2) is 108 Å². The lowest BCUT2D eigenvalue weighted by Crippen LogP contribution is -2.52. The quantitative estimate of drug-likeness (QED) is 0.0480. The number of aromatic nitrogens is 1. The summed E-state index contributed by atoms with van der Waals surface area (Å²) in [4.78, 5) is 43.7. The summed E-state index contributed by atoms with van der Waals surface area (Å²) in [6.45, 7) is 4.53. The van der Waals surface area contributed by atoms with Crippen LogP contribution in [0.1, 0.15) is 91.3 Å². The van der Waals surface area contributed by atoms with E-state index in [0.717, 1.165) is 86.8 Å². The molecule has 9 rings (SSSR count). The van der Waals surface area contributed by atoms with Crippen molar-refractivity contribution in [2.75, 3.05) is 39.3 Å². The minimum Gasteiger partial charge on any atom is -0.506 e. The van der Waals surface area contributed by atoms with E-state index in [1.165, 1.54) is 12.1 Å². The molecule has 0 radical (unpaired) electrons. The third-order valence-electron chi connectivity index (χ3n) is 12.8. The topological polar surface area (TPSA) is 162 Å². The Morgan fingerprint density at radius 2 is 1.66 bits per heavy atom. The van der Waals surface area contributed by atoms with Crippen LogP contribution in [0.25, 0.3) is 10.9 Å². The molecule has 2 bridgehead atoms. The van der Waals surface area contributed by atoms with Crippen LogP contribution < -0.4 is 20.9 Å². The Bertz CT molecular complexity index is 2320. The number of alkyl carbamates (subject to hydrolysis) is 1. The van der Waals surface area contributed by atoms with Gasteiger partial charge in [0.25, 0.3) is 0 Å². The van der Waals surface area contributed by atoms with Gasteiger partial charge < -0.3 is 40.0 Å². The third kappa shape index (κ3) is 9.93. The van der Waals surface area contributed by atoms with Gasteiger partial charge in [-0.05, 0) is 116 Å². The number of pyridine rings is 1. The molecule has 12 nitrogen and oxygen atoms in total. The standard InChI is InChI=1S/C49H56N4O8/c54-41-19-17-39(40-18-20-44(56)51-46(40)41)42(55)30-50-25-6-7-28-59-47(57)49(23-4-5-24-49)37-15-13-33(14-16-37)32-60-38-12-8-11-36(29-38)45(35-9-2-1-3-10-35)52-48(58)61-43-31-53-26-21-34(43)22-27-53/h1-3,8-20,29,34,42-43,45,50,54-55H,4-7,21-28,30-32H2,(H,51,56)(H,52,58)/t42-,43+,45?/m1/s1. The molecular weight excluding hydrogens is 773 g/mol. The summed E-state index contributed by atoms with van der Waals surface area (Å²) in [5.74, 6) is 0.878. The third-order valence-corrected chi connectivity index (χ3v) is 12.8. The average molecular weight is 829 g/mol. The van der Waals surface area contributed by atoms with Gasteiger partial charge in [0.2, 0.25) is 5.56 Å². The summed E-state index contributed by atoms with van der Waals surface area (Å²) in [7, 11) is 0. The molecule has 1 aliphatic carbocycles. The van der Waals surface area contributed by atoms with E-state index in [9.17, 15) is 24.6 Å². The lowest BCUT2D eigenvalue weighted by Gasteiger charge is -2.43. The van der Waals surface area contributed by atoms with E-state index < -0.39 is 23.7 Å². The zero-order valence-corrected chi connectivity index (χ0v) is 34.5. The number of hydrogen-bond acceptors (Lipinski definition) is 10. The molecule has 1 saturated carbocycles. The Hall–Kier alpha value is -5.69. The predicted molar refractivity (Wildman–Crippen MR) is 232 cm³/mol. The second-order valence-corrected chi connectivity index (χ2v) is 16.8. The molecule has 12 heteroatoms. The number of H-pyrrole nitrogens is 1. The average Bonchev–Trinajstić information content (AvgIpc) is 3.80. The van der Waals surface area contributed by atoms with Gasteiger partial charge in [0.15, 0.2) is 0 Å². The number of amides is 1. The van der Waals surface area contributed by atoms with Crippen molar-refractivity contribution in [2.24, 2.45) is 5.92 Å². The number of unbranched alkanes of at least 4 members (excludes halogenated alkanes) is 1. The highest BCUT2D eigenvalue weighted by Crippen LogP contribution is 2.42. The summed E-state index contributed by atoms with van der Waals surface area (Å²) in [6.07, 6.45) is 5.67. The number of hydrogen-bond donors (Lipinski definition) is 5. The highest BCUT2D eigenvalue weighted by Gasteiger charge is 2.44. The molecule has 4 aromatic carbocycles. The zero-order chi connectivity index (χ0) is 42.2. The number of carbonyl (C=O) groups excluding carboxylic acids is 2. The molecule has 3 aliphatic heterocycles. The number of rotatable bonds is 17. The number of aliphatic hydroxyl groups excluding tert-OH is 1. The summed E-state index contributed by atoms with van der Waals surface area (Å²) in [5, 5.41) is 28.0. The first kappa shape index (κ1) is 42.0. The number of ether oxygens (including phenoxy) is 3. The van der Waals surface area contributed by atoms with Crippen molar-refractivity contribution in [3.63, 3.8) is 0 Å². The monoisotopic (exact) mass is 828 g/mol. The molecule has 3 saturated heterocycles. The fourth-order valence-corrected chi connectivity index (χ4v) is 9.35. The minimum absolute atomic E-state index is 0.0470. The molecule has 4 fully saturated rings. The van der Waals surface area contributed by atoms with Gasteiger partial charge >= 0.3 is 12.1 Å². The summed E-state index contributed by atoms with van der Waals surface area (Å²) >= 11 is 0. The van der Waals surface area contributed by atoms with Crippen LogP contribution >= 0.6 is 0 Å². The molecule has 4 heterocycles. The number of nitrogens with one attached hydrogen (secondary N) is 3. The fraction of sp³-hybridized carbons (Fsp3) is 0.408. The largest absolute Gasteiger partial charge is 0.506 e. The van der Waals surface area contributed by atoms with Crippen molar-refractivity contribution < 1.29 is 34.0 Å². The smallest absolute Gasteiger partial charge is 0.408 e. The van der Waals surface area contributed by atoms with E-state index in [2.05, 4.69) is 20.5 Å². The Kier molecular flexibility index (Phi) is 13.3. The lowest BCUT2D eigenvalue weighted by molar-refractivity contribution is -0.150. The van der Waals surface area contributed by atoms with Gasteiger partial charge in [-0.25, -0.2) is 4.79 Å². The van der Waals surface area contributed by atoms with Gasteiger partial charge in [0.1, 0.15) is 24.2 Å². The number of carbonyl (C=O) groups is 2. The van der Waals surface area contributed by atoms with Crippen LogP contribution in [-0.4, -0.2) is 77.6 Å². The number of piperidine rings is 3. The first-order chi connectivity index (χ1) is 29.8. The van der Waals surface area contributed by atoms with Crippen molar-refractivity contribution in [1.82, 2.24) is 20.5 Å². The van der Waals surface area contributed by atoms with E-state index >= 15 is 0 Å². The maximum absolute atomic E-state index is 13.7. The number of benzene rings is 4. The molecule has 1 aromatic heterocycles. The first-order valence-corrected chi connectivity index (χ1v) is 21.7. The second-order valence-electron chi connectivity index (χ2n) is 16.8. The molecular formula is C49H56N4O8. The first-order valence-electron chi connectivity index (χ1n) is 21.7. The van der Waals surface area contributed by atoms with Crippen molar-refractivity contribution in [1.29, 1.82) is 0 Å². The second kappa shape index (κ2) is 19.4. The number of aliphatic hydroxyl groups is 1. The fourth-order valence-electron chi connectivity index (χ4n) is 9.35. The SMILES string of the molecule is O=C(NC(c1ccccc1)c1cccc(OCc2ccc(C3(C(=O)OCCCCNC[C@@H](O)c4ccc(O)c5[nH]c(=O)ccc45)CCCC3)cc2)c1)O[C@H]1CN2CCC1CC2. The Morgan fingerprint density at radius 3 is 2.41 bits per heavy atom. The summed E-state index contributed by atoms with van der Waals surface area (Å²) in [5.41, 5.74) is 3.70. The van der Waals surface area contributed by atoms with Gasteiger partial charge in [-0.15, -0.1) is 0 Å². The Morgan fingerprint density at radius 1 is 0.885 bits per heavy atom. The molecule has 61 heavy (non-hydrogen) atoms. The van der Waals surface area contributed by atoms with Crippen molar-refractivity contribution in [2.45, 2.75) is 81.6 Å². The Balaban J connectivity index is 0.815. The predicted octanol–water partition coefficient (Wildman–Crippen LogP) is 7.18. The normalized spacial score (nSPS) is 20.2. The molecule has 5 aromatic rings. The van der Waals surface area contributed by atoms with Gasteiger partial charge in [-0.2, -0.15) is 0 Å². The number of phenolic OH excluding ortho intramolecular Hbond substituents is 1. The van der Waals surface area contributed by atoms with Crippen LogP contribution in [0.3, 0.4) is 0 Å². The number of nitrogens with zero attached hydrogens (tertiary/aromatic N) is 1. The van der Waals surface area contributed by atoms with Gasteiger partial charge in [0.05, 0.1) is 29.7 Å². The van der Waals surface area contributed by atoms with Crippen molar-refractivity contribution in [3.8, 4) is 11.5 Å². The van der Waals surface area contributed by atoms with Crippen molar-refractivity contribution >= 4 is 23.0 Å². The zero-order valence-electron chi connectivity index (χ0n) is 34.5. The molecule has 1 amide bonds. The maximum Gasteiger partial charge on any atom is 0.408 e. The number of phenols is 1. The number of fused-ring (bicyclic) bond motifs is 4. The van der Waals surface area contributed by atoms with Crippen molar-refractivity contribution in [3.05, 3.63) is 141 Å². The maximum atomic E-state index is 13.7. The van der Waals surface area contributed by atoms with E-state index in [1.54, 1.807) is 12.1 Å².